The second kappa shape index (κ2) is 9.67. The second-order valence-corrected chi connectivity index (χ2v) is 7.51. The molecule has 3 rings (SSSR count). The highest BCUT2D eigenvalue weighted by molar-refractivity contribution is 7.99. The number of nitrogens with zero attached hydrogens (tertiary/aromatic N) is 3. The molecule has 7 nitrogen and oxygen atoms in total. The molecule has 30 heavy (non-hydrogen) atoms. The Kier molecular flexibility index (Phi) is 6.78. The van der Waals surface area contributed by atoms with Crippen molar-refractivity contribution in [2.24, 2.45) is 0 Å². The summed E-state index contributed by atoms with van der Waals surface area (Å²) in [5.41, 5.74) is 3.24. The minimum Gasteiger partial charge on any atom is -0.326 e. The number of hydrogen-bond acceptors (Lipinski definition) is 6. The highest BCUT2D eigenvalue weighted by Crippen LogP contribution is 2.26. The molecule has 2 aromatic carbocycles. The summed E-state index contributed by atoms with van der Waals surface area (Å²) >= 11 is 1.33. The van der Waals surface area contributed by atoms with Gasteiger partial charge in [0.1, 0.15) is 11.1 Å². The molecule has 0 unspecified atom stereocenters. The fraction of sp³-hybridized carbons (Fsp3) is 0.136. The number of benzene rings is 2. The molecule has 1 heterocycles. The number of amides is 1. The number of nitriles is 1. The summed E-state index contributed by atoms with van der Waals surface area (Å²) in [5, 5.41) is 23.6. The van der Waals surface area contributed by atoms with Crippen LogP contribution in [-0.2, 0) is 4.79 Å². The summed E-state index contributed by atoms with van der Waals surface area (Å²) in [5.74, 6) is 0.156. The van der Waals surface area contributed by atoms with Crippen molar-refractivity contribution >= 4 is 29.0 Å². The molecule has 1 amide bonds. The van der Waals surface area contributed by atoms with Crippen LogP contribution in [0.3, 0.4) is 0 Å². The predicted octanol–water partition coefficient (Wildman–Crippen LogP) is 4.96. The number of nitro groups is 1. The topological polar surface area (TPSA) is 109 Å². The van der Waals surface area contributed by atoms with Gasteiger partial charge in [-0.3, -0.25) is 14.9 Å². The molecule has 0 fully saturated rings. The summed E-state index contributed by atoms with van der Waals surface area (Å²) in [6, 6.07) is 19.6. The maximum absolute atomic E-state index is 12.3. The minimum atomic E-state index is -0.500. The van der Waals surface area contributed by atoms with Crippen LogP contribution in [-0.4, -0.2) is 21.6 Å². The molecule has 0 aliphatic rings. The molecule has 0 radical (unpaired) electrons. The summed E-state index contributed by atoms with van der Waals surface area (Å²) < 4.78 is 0. The predicted molar refractivity (Wildman–Crippen MR) is 116 cm³/mol. The van der Waals surface area contributed by atoms with E-state index in [0.717, 1.165) is 16.8 Å². The molecule has 0 bridgehead atoms. The molecule has 0 saturated carbocycles. The van der Waals surface area contributed by atoms with Crippen molar-refractivity contribution in [3.63, 3.8) is 0 Å². The smallest absolute Gasteiger partial charge is 0.271 e. The van der Waals surface area contributed by atoms with E-state index in [1.165, 1.54) is 23.9 Å². The van der Waals surface area contributed by atoms with E-state index >= 15 is 0 Å². The van der Waals surface area contributed by atoms with Gasteiger partial charge in [-0.1, -0.05) is 36.4 Å². The number of pyridine rings is 1. The van der Waals surface area contributed by atoms with Gasteiger partial charge in [-0.05, 0) is 24.6 Å². The molecular weight excluding hydrogens is 400 g/mol. The van der Waals surface area contributed by atoms with Crippen LogP contribution < -0.4 is 5.32 Å². The lowest BCUT2D eigenvalue weighted by atomic mass is 10.1. The minimum absolute atomic E-state index is 0.0779. The average molecular weight is 418 g/mol. The van der Waals surface area contributed by atoms with E-state index < -0.39 is 4.92 Å². The summed E-state index contributed by atoms with van der Waals surface area (Å²) in [6.45, 7) is 1.77. The number of hydrogen-bond donors (Lipinski definition) is 1. The standard InChI is InChI=1S/C22H18N4O3S/c1-15-7-9-18(26(28)29)13-20(15)24-21(27)11-12-30-22-17(14-23)8-10-19(25-22)16-5-3-2-4-6-16/h2-10,13H,11-12H2,1H3,(H,24,27). The van der Waals surface area contributed by atoms with Crippen LogP contribution in [0, 0.1) is 28.4 Å². The Bertz CT molecular complexity index is 1130. The number of carbonyl (C=O) groups is 1. The van der Waals surface area contributed by atoms with Gasteiger partial charge in [0.15, 0.2) is 0 Å². The van der Waals surface area contributed by atoms with E-state index in [4.69, 9.17) is 0 Å². The monoisotopic (exact) mass is 418 g/mol. The molecule has 0 spiro atoms. The number of carbonyl (C=O) groups excluding carboxylic acids is 1. The molecule has 3 aromatic rings. The number of non-ortho nitro benzene ring substituents is 1. The zero-order valence-corrected chi connectivity index (χ0v) is 17.0. The quantitative estimate of drug-likeness (QED) is 0.330. The molecule has 150 valence electrons. The number of aromatic nitrogens is 1. The zero-order chi connectivity index (χ0) is 21.5. The van der Waals surface area contributed by atoms with E-state index in [1.54, 1.807) is 25.1 Å². The highest BCUT2D eigenvalue weighted by atomic mass is 32.2. The van der Waals surface area contributed by atoms with Crippen molar-refractivity contribution in [3.05, 3.63) is 81.9 Å². The van der Waals surface area contributed by atoms with Gasteiger partial charge in [0.05, 0.1) is 21.9 Å². The molecule has 8 heteroatoms. The van der Waals surface area contributed by atoms with Crippen LogP contribution in [0.1, 0.15) is 17.5 Å². The molecule has 0 saturated heterocycles. The summed E-state index contributed by atoms with van der Waals surface area (Å²) in [7, 11) is 0. The number of rotatable bonds is 7. The first-order chi connectivity index (χ1) is 14.5. The van der Waals surface area contributed by atoms with Crippen molar-refractivity contribution in [1.82, 2.24) is 4.98 Å². The zero-order valence-electron chi connectivity index (χ0n) is 16.2. The first-order valence-electron chi connectivity index (χ1n) is 9.12. The van der Waals surface area contributed by atoms with Crippen molar-refractivity contribution < 1.29 is 9.72 Å². The van der Waals surface area contributed by atoms with Gasteiger partial charge in [-0.25, -0.2) is 4.98 Å². The highest BCUT2D eigenvalue weighted by Gasteiger charge is 2.12. The molecule has 0 aliphatic carbocycles. The van der Waals surface area contributed by atoms with Crippen molar-refractivity contribution in [1.29, 1.82) is 5.26 Å². The Labute approximate surface area is 177 Å². The average Bonchev–Trinajstić information content (AvgIpc) is 2.75. The van der Waals surface area contributed by atoms with Crippen LogP contribution in [0.5, 0.6) is 0 Å². The lowest BCUT2D eigenvalue weighted by Crippen LogP contribution is -2.13. The molecule has 0 aliphatic heterocycles. The van der Waals surface area contributed by atoms with Gasteiger partial charge in [0.2, 0.25) is 5.91 Å². The number of nitrogens with one attached hydrogen (secondary N) is 1. The Hall–Kier alpha value is -3.70. The van der Waals surface area contributed by atoms with E-state index in [0.29, 0.717) is 22.0 Å². The molecule has 0 atom stereocenters. The summed E-state index contributed by atoms with van der Waals surface area (Å²) in [6.07, 6.45) is 0.176. The third-order valence-corrected chi connectivity index (χ3v) is 5.32. The largest absolute Gasteiger partial charge is 0.326 e. The molecule has 1 N–H and O–H groups in total. The van der Waals surface area contributed by atoms with Crippen molar-refractivity contribution in [2.45, 2.75) is 18.4 Å². The molecule has 1 aromatic heterocycles. The van der Waals surface area contributed by atoms with Crippen LogP contribution in [0.15, 0.2) is 65.7 Å². The number of nitro benzene ring substituents is 1. The Morgan fingerprint density at radius 1 is 1.20 bits per heavy atom. The van der Waals surface area contributed by atoms with E-state index in [2.05, 4.69) is 16.4 Å². The maximum Gasteiger partial charge on any atom is 0.271 e. The Balaban J connectivity index is 1.65. The molecular formula is C22H18N4O3S. The van der Waals surface area contributed by atoms with Gasteiger partial charge < -0.3 is 5.32 Å². The Morgan fingerprint density at radius 3 is 2.67 bits per heavy atom. The van der Waals surface area contributed by atoms with Gasteiger partial charge >= 0.3 is 0 Å². The number of thioether (sulfide) groups is 1. The van der Waals surface area contributed by atoms with Crippen molar-refractivity contribution in [3.8, 4) is 17.3 Å². The second-order valence-electron chi connectivity index (χ2n) is 6.43. The third kappa shape index (κ3) is 5.21. The summed E-state index contributed by atoms with van der Waals surface area (Å²) in [4.78, 5) is 27.3. The van der Waals surface area contributed by atoms with Gasteiger partial charge in [0.25, 0.3) is 5.69 Å². The fourth-order valence-electron chi connectivity index (χ4n) is 2.72. The SMILES string of the molecule is Cc1ccc([N+](=O)[O-])cc1NC(=O)CCSc1nc(-c2ccccc2)ccc1C#N. The lowest BCUT2D eigenvalue weighted by Gasteiger charge is -2.09. The third-order valence-electron chi connectivity index (χ3n) is 4.32. The van der Waals surface area contributed by atoms with Crippen LogP contribution in [0.25, 0.3) is 11.3 Å². The normalized spacial score (nSPS) is 10.3. The van der Waals surface area contributed by atoms with E-state index in [-0.39, 0.29) is 18.0 Å². The van der Waals surface area contributed by atoms with Crippen LogP contribution in [0.4, 0.5) is 11.4 Å². The fourth-order valence-corrected chi connectivity index (χ4v) is 3.63. The first kappa shape index (κ1) is 21.0. The van der Waals surface area contributed by atoms with Crippen LogP contribution in [0.2, 0.25) is 0 Å². The Morgan fingerprint density at radius 2 is 1.97 bits per heavy atom. The first-order valence-corrected chi connectivity index (χ1v) is 10.1. The lowest BCUT2D eigenvalue weighted by molar-refractivity contribution is -0.384. The van der Waals surface area contributed by atoms with Gasteiger partial charge in [-0.2, -0.15) is 5.26 Å². The van der Waals surface area contributed by atoms with Crippen molar-refractivity contribution in [2.75, 3.05) is 11.1 Å². The van der Waals surface area contributed by atoms with E-state index in [1.807, 2.05) is 30.3 Å². The van der Waals surface area contributed by atoms with Gasteiger partial charge in [-0.15, -0.1) is 11.8 Å². The number of aryl methyl sites for hydroxylation is 1. The number of anilines is 1. The van der Waals surface area contributed by atoms with Crippen LogP contribution >= 0.6 is 11.8 Å². The maximum atomic E-state index is 12.3. The van der Waals surface area contributed by atoms with Gasteiger partial charge in [0, 0.05) is 29.9 Å². The van der Waals surface area contributed by atoms with E-state index in [9.17, 15) is 20.2 Å².